The molecule has 8 nitrogen and oxygen atoms in total. The average Bonchev–Trinajstić information content (AvgIpc) is 3.17. The summed E-state index contributed by atoms with van der Waals surface area (Å²) >= 11 is 0. The Bertz CT molecular complexity index is 765. The van der Waals surface area contributed by atoms with Crippen LogP contribution in [0.5, 0.6) is 0 Å². The van der Waals surface area contributed by atoms with Crippen LogP contribution in [0.1, 0.15) is 52.3 Å². The molecular formula is C20H32IN7O. The van der Waals surface area contributed by atoms with E-state index in [1.54, 1.807) is 0 Å². The third-order valence-electron chi connectivity index (χ3n) is 4.64. The maximum atomic E-state index is 5.34. The van der Waals surface area contributed by atoms with E-state index in [4.69, 9.17) is 4.52 Å². The summed E-state index contributed by atoms with van der Waals surface area (Å²) in [7, 11) is 0. The van der Waals surface area contributed by atoms with Crippen LogP contribution in [0.2, 0.25) is 0 Å². The molecule has 1 fully saturated rings. The van der Waals surface area contributed by atoms with Crippen LogP contribution in [0.4, 0.5) is 5.82 Å². The first-order valence-corrected chi connectivity index (χ1v) is 9.99. The van der Waals surface area contributed by atoms with Crippen LogP contribution in [0.15, 0.2) is 33.9 Å². The first-order valence-electron chi connectivity index (χ1n) is 9.99. The van der Waals surface area contributed by atoms with Crippen LogP contribution in [-0.4, -0.2) is 46.8 Å². The Morgan fingerprint density at radius 3 is 2.62 bits per heavy atom. The van der Waals surface area contributed by atoms with E-state index in [1.165, 1.54) is 0 Å². The van der Waals surface area contributed by atoms with Gasteiger partial charge in [0.25, 0.3) is 0 Å². The van der Waals surface area contributed by atoms with Gasteiger partial charge in [-0.1, -0.05) is 32.0 Å². The van der Waals surface area contributed by atoms with Gasteiger partial charge in [-0.3, -0.25) is 0 Å². The summed E-state index contributed by atoms with van der Waals surface area (Å²) in [4.78, 5) is 15.9. The number of aromatic nitrogens is 3. The lowest BCUT2D eigenvalue weighted by Gasteiger charge is -2.33. The van der Waals surface area contributed by atoms with Gasteiger partial charge in [0.05, 0.1) is 0 Å². The van der Waals surface area contributed by atoms with Gasteiger partial charge in [0, 0.05) is 37.3 Å². The Morgan fingerprint density at radius 2 is 2.03 bits per heavy atom. The molecule has 2 N–H and O–H groups in total. The Morgan fingerprint density at radius 1 is 1.28 bits per heavy atom. The number of aliphatic imine (C=N–C) groups is 1. The minimum Gasteiger partial charge on any atom is -0.357 e. The van der Waals surface area contributed by atoms with Crippen molar-refractivity contribution in [1.82, 2.24) is 25.8 Å². The highest BCUT2D eigenvalue weighted by atomic mass is 127. The van der Waals surface area contributed by atoms with Crippen molar-refractivity contribution >= 4 is 35.8 Å². The maximum absolute atomic E-state index is 5.34. The maximum Gasteiger partial charge on any atom is 0.232 e. The zero-order valence-electron chi connectivity index (χ0n) is 17.7. The number of anilines is 1. The minimum absolute atomic E-state index is 0. The van der Waals surface area contributed by atoms with Crippen LogP contribution in [-0.2, 0) is 12.0 Å². The smallest absolute Gasteiger partial charge is 0.232 e. The number of nitrogens with one attached hydrogen (secondary N) is 2. The second-order valence-electron chi connectivity index (χ2n) is 8.05. The quantitative estimate of drug-likeness (QED) is 0.361. The summed E-state index contributed by atoms with van der Waals surface area (Å²) in [6, 6.07) is 6.43. The van der Waals surface area contributed by atoms with E-state index in [0.717, 1.165) is 44.3 Å². The molecule has 3 rings (SSSR count). The minimum atomic E-state index is -0.153. The first kappa shape index (κ1) is 23.4. The fraction of sp³-hybridized carbons (Fsp3) is 0.600. The molecule has 0 amide bonds. The van der Waals surface area contributed by atoms with Gasteiger partial charge in [-0.2, -0.15) is 4.98 Å². The van der Waals surface area contributed by atoms with E-state index in [9.17, 15) is 0 Å². The first-order chi connectivity index (χ1) is 13.5. The van der Waals surface area contributed by atoms with Crippen molar-refractivity contribution in [3.05, 3.63) is 36.1 Å². The second kappa shape index (κ2) is 10.7. The number of guanidine groups is 1. The van der Waals surface area contributed by atoms with Crippen molar-refractivity contribution in [3.63, 3.8) is 0 Å². The fourth-order valence-corrected chi connectivity index (χ4v) is 3.08. The van der Waals surface area contributed by atoms with Crippen molar-refractivity contribution in [1.29, 1.82) is 0 Å². The lowest BCUT2D eigenvalue weighted by atomic mass is 9.97. The largest absolute Gasteiger partial charge is 0.357 e. The lowest BCUT2D eigenvalue weighted by Crippen LogP contribution is -2.48. The molecule has 1 aliphatic heterocycles. The molecule has 0 unspecified atom stereocenters. The Kier molecular flexibility index (Phi) is 8.66. The van der Waals surface area contributed by atoms with Crippen LogP contribution < -0.4 is 15.5 Å². The van der Waals surface area contributed by atoms with Crippen LogP contribution in [0.3, 0.4) is 0 Å². The van der Waals surface area contributed by atoms with Gasteiger partial charge < -0.3 is 20.1 Å². The molecule has 0 spiro atoms. The van der Waals surface area contributed by atoms with Gasteiger partial charge in [0.15, 0.2) is 11.8 Å². The topological polar surface area (TPSA) is 91.5 Å². The van der Waals surface area contributed by atoms with Crippen LogP contribution >= 0.6 is 24.0 Å². The highest BCUT2D eigenvalue weighted by molar-refractivity contribution is 14.0. The molecule has 29 heavy (non-hydrogen) atoms. The normalized spacial score (nSPS) is 15.7. The highest BCUT2D eigenvalue weighted by Gasteiger charge is 2.22. The molecule has 0 bridgehead atoms. The Balaban J connectivity index is 0.00000300. The summed E-state index contributed by atoms with van der Waals surface area (Å²) in [5.74, 6) is 3.08. The zero-order valence-corrected chi connectivity index (χ0v) is 20.0. The second-order valence-corrected chi connectivity index (χ2v) is 8.05. The molecular weight excluding hydrogens is 481 g/mol. The predicted molar refractivity (Wildman–Crippen MR) is 126 cm³/mol. The van der Waals surface area contributed by atoms with E-state index in [-0.39, 0.29) is 29.4 Å². The molecule has 0 saturated carbocycles. The number of halogens is 1. The Hall–Kier alpha value is -1.91. The van der Waals surface area contributed by atoms with E-state index < -0.39 is 0 Å². The fourth-order valence-electron chi connectivity index (χ4n) is 3.08. The molecule has 9 heteroatoms. The van der Waals surface area contributed by atoms with Gasteiger partial charge in [0.2, 0.25) is 5.89 Å². The molecule has 1 aliphatic rings. The predicted octanol–water partition coefficient (Wildman–Crippen LogP) is 3.10. The summed E-state index contributed by atoms with van der Waals surface area (Å²) in [6.45, 7) is 11.4. The van der Waals surface area contributed by atoms with E-state index >= 15 is 0 Å². The van der Waals surface area contributed by atoms with Crippen molar-refractivity contribution in [2.24, 2.45) is 4.99 Å². The SMILES string of the molecule is CCNC(=NCc1noc(C(C)(C)C)n1)NC1CCN(c2ccccn2)CC1.I. The molecule has 160 valence electrons. The van der Waals surface area contributed by atoms with E-state index in [1.807, 2.05) is 18.3 Å². The monoisotopic (exact) mass is 513 g/mol. The molecule has 0 radical (unpaired) electrons. The van der Waals surface area contributed by atoms with Gasteiger partial charge in [-0.25, -0.2) is 9.98 Å². The van der Waals surface area contributed by atoms with Crippen LogP contribution in [0, 0.1) is 0 Å². The van der Waals surface area contributed by atoms with Gasteiger partial charge >= 0.3 is 0 Å². The van der Waals surface area contributed by atoms with Crippen molar-refractivity contribution in [3.8, 4) is 0 Å². The van der Waals surface area contributed by atoms with Crippen molar-refractivity contribution in [2.75, 3.05) is 24.5 Å². The van der Waals surface area contributed by atoms with Gasteiger partial charge in [-0.15, -0.1) is 24.0 Å². The molecule has 1 saturated heterocycles. The van der Waals surface area contributed by atoms with E-state index in [0.29, 0.717) is 24.3 Å². The van der Waals surface area contributed by atoms with Crippen molar-refractivity contribution in [2.45, 2.75) is 58.5 Å². The number of pyridine rings is 1. The third kappa shape index (κ3) is 6.83. The summed E-state index contributed by atoms with van der Waals surface area (Å²) in [5, 5.41) is 10.9. The van der Waals surface area contributed by atoms with Gasteiger partial charge in [-0.05, 0) is 31.9 Å². The third-order valence-corrected chi connectivity index (χ3v) is 4.64. The molecule has 2 aromatic heterocycles. The van der Waals surface area contributed by atoms with Crippen LogP contribution in [0.25, 0.3) is 0 Å². The standard InChI is InChI=1S/C20H31N7O.HI/c1-5-21-19(23-14-16-25-18(28-26-16)20(2,3)4)24-15-9-12-27(13-10-15)17-8-6-7-11-22-17;/h6-8,11,15H,5,9-10,12-14H2,1-4H3,(H2,21,23,24);1H. The number of hydrogen-bond acceptors (Lipinski definition) is 6. The summed E-state index contributed by atoms with van der Waals surface area (Å²) in [5.41, 5.74) is -0.153. The summed E-state index contributed by atoms with van der Waals surface area (Å²) < 4.78 is 5.34. The highest BCUT2D eigenvalue weighted by Crippen LogP contribution is 2.20. The van der Waals surface area contributed by atoms with Gasteiger partial charge in [0.1, 0.15) is 12.4 Å². The molecule has 0 aliphatic carbocycles. The zero-order chi connectivity index (χ0) is 20.0. The molecule has 3 heterocycles. The number of rotatable bonds is 5. The number of hydrogen-bond donors (Lipinski definition) is 2. The van der Waals surface area contributed by atoms with E-state index in [2.05, 4.69) is 69.4 Å². The van der Waals surface area contributed by atoms with Crippen molar-refractivity contribution < 1.29 is 4.52 Å². The molecule has 0 atom stereocenters. The molecule has 2 aromatic rings. The number of piperidine rings is 1. The number of nitrogens with zero attached hydrogens (tertiary/aromatic N) is 5. The summed E-state index contributed by atoms with van der Waals surface area (Å²) in [6.07, 6.45) is 3.92. The Labute approximate surface area is 190 Å². The molecule has 0 aromatic carbocycles. The average molecular weight is 513 g/mol. The lowest BCUT2D eigenvalue weighted by molar-refractivity contribution is 0.318.